The summed E-state index contributed by atoms with van der Waals surface area (Å²) in [4.78, 5) is 38.1. The average molecular weight is 907 g/mol. The molecule has 0 saturated carbocycles. The lowest BCUT2D eigenvalue weighted by Crippen LogP contribution is -2.30. The topological polar surface area (TPSA) is 78.9 Å². The molecule has 374 valence electrons. The molecule has 0 bridgehead atoms. The highest BCUT2D eigenvalue weighted by Gasteiger charge is 2.19. The zero-order chi connectivity index (χ0) is 47.2. The molecule has 1 unspecified atom stereocenters. The van der Waals surface area contributed by atoms with E-state index in [4.69, 9.17) is 14.2 Å². The van der Waals surface area contributed by atoms with Gasteiger partial charge in [0.2, 0.25) is 0 Å². The molecule has 1 atom stereocenters. The van der Waals surface area contributed by atoms with E-state index in [1.54, 1.807) is 0 Å². The Hall–Kier alpha value is -3.15. The van der Waals surface area contributed by atoms with Crippen LogP contribution in [0.5, 0.6) is 0 Å². The fraction of sp³-hybridized carbons (Fsp3) is 0.746. The number of hydrogen-bond acceptors (Lipinski definition) is 6. The molecule has 0 aliphatic carbocycles. The van der Waals surface area contributed by atoms with Gasteiger partial charge in [0.1, 0.15) is 13.2 Å². The Morgan fingerprint density at radius 3 is 0.969 bits per heavy atom. The lowest BCUT2D eigenvalue weighted by molar-refractivity contribution is -0.167. The van der Waals surface area contributed by atoms with Crippen LogP contribution in [-0.4, -0.2) is 37.2 Å². The molecule has 0 aromatic carbocycles. The fourth-order valence-corrected chi connectivity index (χ4v) is 7.58. The van der Waals surface area contributed by atoms with E-state index in [2.05, 4.69) is 93.7 Å². The highest BCUT2D eigenvalue weighted by molar-refractivity contribution is 5.71. The first-order valence-corrected chi connectivity index (χ1v) is 27.4. The molecule has 0 rings (SSSR count). The van der Waals surface area contributed by atoms with Crippen LogP contribution in [0.3, 0.4) is 0 Å². The van der Waals surface area contributed by atoms with Gasteiger partial charge in [-0.2, -0.15) is 0 Å². The van der Waals surface area contributed by atoms with Crippen molar-refractivity contribution in [2.45, 2.75) is 271 Å². The molecule has 0 fully saturated rings. The molecule has 0 N–H and O–H groups in total. The van der Waals surface area contributed by atoms with Crippen molar-refractivity contribution in [3.05, 3.63) is 72.9 Å². The summed E-state index contributed by atoms with van der Waals surface area (Å²) >= 11 is 0. The monoisotopic (exact) mass is 907 g/mol. The summed E-state index contributed by atoms with van der Waals surface area (Å²) in [5.41, 5.74) is 0. The van der Waals surface area contributed by atoms with Gasteiger partial charge in [0.25, 0.3) is 0 Å². The number of allylic oxidation sites excluding steroid dienone is 12. The molecule has 0 saturated heterocycles. The second kappa shape index (κ2) is 53.5. The first-order valence-electron chi connectivity index (χ1n) is 27.4. The van der Waals surface area contributed by atoms with Gasteiger partial charge in [0.15, 0.2) is 6.10 Å². The van der Waals surface area contributed by atoms with Crippen molar-refractivity contribution in [2.24, 2.45) is 0 Å². The van der Waals surface area contributed by atoms with E-state index in [1.165, 1.54) is 116 Å². The van der Waals surface area contributed by atoms with E-state index in [-0.39, 0.29) is 31.1 Å². The first kappa shape index (κ1) is 61.9. The standard InChI is InChI=1S/C59H102O6/c1-4-7-10-13-16-19-22-25-27-29-31-34-37-40-43-46-49-52-58(61)64-55-56(54-63-57(60)51-48-45-42-39-36-33-24-21-18-15-12-9-6-3)65-59(62)53-50-47-44-41-38-35-32-30-28-26-23-20-17-14-11-8-5-2/h7,10,16-17,19-20,25-28,31,34,56H,4-6,8-9,11-15,18,21-24,29-30,32-33,35-55H2,1-3H3/b10-7-,19-16-,20-17-,27-25-,28-26-,34-31-. The summed E-state index contributed by atoms with van der Waals surface area (Å²) in [5, 5.41) is 0. The van der Waals surface area contributed by atoms with Crippen LogP contribution in [0.4, 0.5) is 0 Å². The van der Waals surface area contributed by atoms with E-state index in [1.807, 2.05) is 0 Å². The highest BCUT2D eigenvalue weighted by Crippen LogP contribution is 2.15. The third-order valence-corrected chi connectivity index (χ3v) is 11.7. The Kier molecular flexibility index (Phi) is 50.9. The molecule has 6 nitrogen and oxygen atoms in total. The Morgan fingerprint density at radius 1 is 0.323 bits per heavy atom. The predicted octanol–water partition coefficient (Wildman–Crippen LogP) is 18.2. The molecular weight excluding hydrogens is 805 g/mol. The largest absolute Gasteiger partial charge is 0.462 e. The van der Waals surface area contributed by atoms with Gasteiger partial charge in [-0.1, -0.05) is 229 Å². The molecule has 0 spiro atoms. The van der Waals surface area contributed by atoms with Gasteiger partial charge in [-0.3, -0.25) is 14.4 Å². The maximum atomic E-state index is 12.8. The van der Waals surface area contributed by atoms with Crippen LogP contribution >= 0.6 is 0 Å². The van der Waals surface area contributed by atoms with Crippen LogP contribution in [0, 0.1) is 0 Å². The van der Waals surface area contributed by atoms with Crippen LogP contribution < -0.4 is 0 Å². The zero-order valence-electron chi connectivity index (χ0n) is 42.7. The first-order chi connectivity index (χ1) is 32.0. The van der Waals surface area contributed by atoms with E-state index in [9.17, 15) is 14.4 Å². The van der Waals surface area contributed by atoms with Gasteiger partial charge in [0, 0.05) is 19.3 Å². The van der Waals surface area contributed by atoms with Crippen LogP contribution in [0.15, 0.2) is 72.9 Å². The number of carbonyl (C=O) groups is 3. The number of ether oxygens (including phenoxy) is 3. The minimum absolute atomic E-state index is 0.0848. The van der Waals surface area contributed by atoms with Gasteiger partial charge < -0.3 is 14.2 Å². The maximum Gasteiger partial charge on any atom is 0.306 e. The van der Waals surface area contributed by atoms with E-state index in [0.717, 1.165) is 109 Å². The third-order valence-electron chi connectivity index (χ3n) is 11.7. The summed E-state index contributed by atoms with van der Waals surface area (Å²) in [7, 11) is 0. The molecule has 0 radical (unpaired) electrons. The van der Waals surface area contributed by atoms with Crippen molar-refractivity contribution in [1.29, 1.82) is 0 Å². The molecular formula is C59H102O6. The lowest BCUT2D eigenvalue weighted by atomic mass is 10.0. The molecule has 0 aromatic heterocycles. The Morgan fingerprint density at radius 2 is 0.600 bits per heavy atom. The zero-order valence-corrected chi connectivity index (χ0v) is 42.7. The normalized spacial score (nSPS) is 12.6. The summed E-state index contributed by atoms with van der Waals surface area (Å²) in [6, 6.07) is 0. The second-order valence-electron chi connectivity index (χ2n) is 18.1. The number of rotatable bonds is 49. The van der Waals surface area contributed by atoms with Crippen LogP contribution in [0.25, 0.3) is 0 Å². The number of unbranched alkanes of at least 4 members (excludes halogenated alkanes) is 26. The number of carbonyl (C=O) groups excluding carboxylic acids is 3. The van der Waals surface area contributed by atoms with Gasteiger partial charge >= 0.3 is 17.9 Å². The predicted molar refractivity (Wildman–Crippen MR) is 279 cm³/mol. The van der Waals surface area contributed by atoms with Crippen molar-refractivity contribution >= 4 is 17.9 Å². The smallest absolute Gasteiger partial charge is 0.306 e. The van der Waals surface area contributed by atoms with Crippen molar-refractivity contribution in [2.75, 3.05) is 13.2 Å². The highest BCUT2D eigenvalue weighted by atomic mass is 16.6. The van der Waals surface area contributed by atoms with Gasteiger partial charge in [0.05, 0.1) is 0 Å². The molecule has 65 heavy (non-hydrogen) atoms. The minimum Gasteiger partial charge on any atom is -0.462 e. The molecule has 0 aromatic rings. The Balaban J connectivity index is 4.43. The van der Waals surface area contributed by atoms with Crippen molar-refractivity contribution in [3.8, 4) is 0 Å². The Labute approximate surface area is 402 Å². The fourth-order valence-electron chi connectivity index (χ4n) is 7.58. The van der Waals surface area contributed by atoms with Crippen molar-refractivity contribution < 1.29 is 28.6 Å². The summed E-state index contributed by atoms with van der Waals surface area (Å²) < 4.78 is 16.8. The van der Waals surface area contributed by atoms with Crippen molar-refractivity contribution in [1.82, 2.24) is 0 Å². The average Bonchev–Trinajstić information content (AvgIpc) is 3.30. The van der Waals surface area contributed by atoms with E-state index in [0.29, 0.717) is 19.3 Å². The summed E-state index contributed by atoms with van der Waals surface area (Å²) in [5.74, 6) is -0.911. The Bertz CT molecular complexity index is 1230. The molecule has 0 aliphatic rings. The van der Waals surface area contributed by atoms with Crippen LogP contribution in [-0.2, 0) is 28.6 Å². The van der Waals surface area contributed by atoms with Crippen LogP contribution in [0.1, 0.15) is 265 Å². The molecule has 0 aliphatic heterocycles. The van der Waals surface area contributed by atoms with E-state index < -0.39 is 6.10 Å². The number of esters is 3. The lowest BCUT2D eigenvalue weighted by Gasteiger charge is -2.18. The van der Waals surface area contributed by atoms with E-state index >= 15 is 0 Å². The number of hydrogen-bond donors (Lipinski definition) is 0. The van der Waals surface area contributed by atoms with Gasteiger partial charge in [-0.15, -0.1) is 0 Å². The molecule has 6 heteroatoms. The summed E-state index contributed by atoms with van der Waals surface area (Å²) in [6.07, 6.45) is 67.4. The molecule has 0 amide bonds. The van der Waals surface area contributed by atoms with Crippen LogP contribution in [0.2, 0.25) is 0 Å². The quantitative estimate of drug-likeness (QED) is 0.0262. The minimum atomic E-state index is -0.788. The van der Waals surface area contributed by atoms with Gasteiger partial charge in [-0.25, -0.2) is 0 Å². The summed E-state index contributed by atoms with van der Waals surface area (Å²) in [6.45, 7) is 6.49. The SMILES string of the molecule is CC/C=C\C/C=C\C/C=C\C/C=C\CCCCCCC(=O)OCC(COC(=O)CCCCCCCCCCCCCCC)OC(=O)CCCCCCCCC/C=C\C/C=C\CCCCC. The van der Waals surface area contributed by atoms with Gasteiger partial charge in [-0.05, 0) is 89.9 Å². The second-order valence-corrected chi connectivity index (χ2v) is 18.1. The molecule has 0 heterocycles. The third kappa shape index (κ3) is 51.7. The van der Waals surface area contributed by atoms with Crippen molar-refractivity contribution in [3.63, 3.8) is 0 Å². The maximum absolute atomic E-state index is 12.8.